The van der Waals surface area contributed by atoms with E-state index in [0.717, 1.165) is 12.8 Å². The van der Waals surface area contributed by atoms with E-state index in [9.17, 15) is 4.79 Å². The Kier molecular flexibility index (Phi) is 8.39. The van der Waals surface area contributed by atoms with Gasteiger partial charge in [0.05, 0.1) is 0 Å². The summed E-state index contributed by atoms with van der Waals surface area (Å²) in [6.45, 7) is 17.7. The third-order valence-electron chi connectivity index (χ3n) is 5.91. The molecule has 0 aromatic heterocycles. The highest BCUT2D eigenvalue weighted by atomic mass is 28.4. The van der Waals surface area contributed by atoms with Gasteiger partial charge >= 0.3 is 6.09 Å². The van der Waals surface area contributed by atoms with Crippen LogP contribution in [0.4, 0.5) is 4.79 Å². The van der Waals surface area contributed by atoms with Crippen LogP contribution < -0.4 is 5.73 Å². The van der Waals surface area contributed by atoms with Gasteiger partial charge < -0.3 is 19.8 Å². The lowest BCUT2D eigenvalue weighted by molar-refractivity contribution is 0.0271. The number of likely N-dealkylation sites (N-methyl/N-ethyl adjacent to an activating group) is 1. The maximum Gasteiger partial charge on any atom is 0.410 e. The quantitative estimate of drug-likeness (QED) is 0.626. The third kappa shape index (κ3) is 8.12. The van der Waals surface area contributed by atoms with Gasteiger partial charge in [0, 0.05) is 25.7 Å². The van der Waals surface area contributed by atoms with Crippen LogP contribution in [0.2, 0.25) is 18.1 Å². The second kappa shape index (κ2) is 9.27. The van der Waals surface area contributed by atoms with E-state index in [1.54, 1.807) is 11.9 Å². The molecule has 1 rings (SSSR count). The number of nitrogens with zero attached hydrogens (tertiary/aromatic N) is 1. The molecule has 0 aromatic rings. The molecule has 3 atom stereocenters. The van der Waals surface area contributed by atoms with E-state index < -0.39 is 13.9 Å². The minimum Gasteiger partial charge on any atom is -0.444 e. The lowest BCUT2D eigenvalue weighted by atomic mass is 9.82. The van der Waals surface area contributed by atoms with Crippen molar-refractivity contribution < 1.29 is 14.0 Å². The molecule has 0 bridgehead atoms. The monoisotopic (exact) mass is 400 g/mol. The summed E-state index contributed by atoms with van der Waals surface area (Å²) in [5.74, 6) is 0.481. The summed E-state index contributed by atoms with van der Waals surface area (Å²) >= 11 is 0. The molecule has 0 heterocycles. The first kappa shape index (κ1) is 24.4. The first-order chi connectivity index (χ1) is 12.1. The zero-order valence-corrected chi connectivity index (χ0v) is 20.2. The summed E-state index contributed by atoms with van der Waals surface area (Å²) in [6.07, 6.45) is 5.68. The van der Waals surface area contributed by atoms with Crippen molar-refractivity contribution in [2.24, 2.45) is 11.7 Å². The van der Waals surface area contributed by atoms with Gasteiger partial charge in [0.15, 0.2) is 8.32 Å². The van der Waals surface area contributed by atoms with Gasteiger partial charge in [-0.15, -0.1) is 0 Å². The molecule has 0 aromatic carbocycles. The van der Waals surface area contributed by atoms with Crippen molar-refractivity contribution in [1.82, 2.24) is 4.90 Å². The van der Waals surface area contributed by atoms with Crippen molar-refractivity contribution in [1.29, 1.82) is 0 Å². The van der Waals surface area contributed by atoms with Crippen LogP contribution in [0, 0.1) is 5.92 Å². The highest BCUT2D eigenvalue weighted by Crippen LogP contribution is 2.41. The summed E-state index contributed by atoms with van der Waals surface area (Å²) in [5.41, 5.74) is 5.94. The molecule has 0 aliphatic heterocycles. The normalized spacial score (nSPS) is 23.0. The van der Waals surface area contributed by atoms with Gasteiger partial charge in [-0.1, -0.05) is 33.6 Å². The summed E-state index contributed by atoms with van der Waals surface area (Å²) < 4.78 is 12.2. The van der Waals surface area contributed by atoms with Gasteiger partial charge in [-0.3, -0.25) is 0 Å². The van der Waals surface area contributed by atoms with Crippen LogP contribution in [0.1, 0.15) is 73.6 Å². The smallest absolute Gasteiger partial charge is 0.410 e. The van der Waals surface area contributed by atoms with Gasteiger partial charge in [-0.25, -0.2) is 4.79 Å². The maximum atomic E-state index is 12.2. The number of carbonyl (C=O) groups excluding carboxylic acids is 1. The molecule has 1 fully saturated rings. The zero-order chi connectivity index (χ0) is 21.0. The predicted octanol–water partition coefficient (Wildman–Crippen LogP) is 5.15. The number of hydrogen-bond donors (Lipinski definition) is 1. The predicted molar refractivity (Wildman–Crippen MR) is 115 cm³/mol. The minimum absolute atomic E-state index is 0.0591. The Morgan fingerprint density at radius 1 is 1.15 bits per heavy atom. The van der Waals surface area contributed by atoms with Crippen LogP contribution >= 0.6 is 0 Å². The molecule has 2 N–H and O–H groups in total. The van der Waals surface area contributed by atoms with E-state index in [1.165, 1.54) is 19.3 Å². The van der Waals surface area contributed by atoms with Gasteiger partial charge in [0.1, 0.15) is 5.60 Å². The van der Waals surface area contributed by atoms with Crippen LogP contribution in [0.5, 0.6) is 0 Å². The summed E-state index contributed by atoms with van der Waals surface area (Å²) in [7, 11) is -0.0249. The molecule has 1 aliphatic carbocycles. The third-order valence-corrected chi connectivity index (χ3v) is 10.4. The van der Waals surface area contributed by atoms with Crippen LogP contribution in [-0.4, -0.2) is 50.6 Å². The lowest BCUT2D eigenvalue weighted by Crippen LogP contribution is -2.48. The van der Waals surface area contributed by atoms with Crippen molar-refractivity contribution >= 4 is 14.4 Å². The number of ether oxygens (including phenoxy) is 1. The highest BCUT2D eigenvalue weighted by Gasteiger charge is 2.41. The Balaban J connectivity index is 2.64. The molecule has 5 nitrogen and oxygen atoms in total. The van der Waals surface area contributed by atoms with Crippen molar-refractivity contribution in [3.8, 4) is 0 Å². The van der Waals surface area contributed by atoms with E-state index in [-0.39, 0.29) is 17.2 Å². The van der Waals surface area contributed by atoms with Crippen LogP contribution in [0.15, 0.2) is 0 Å². The lowest BCUT2D eigenvalue weighted by Gasteiger charge is -2.43. The zero-order valence-electron chi connectivity index (χ0n) is 19.2. The fraction of sp³-hybridized carbons (Fsp3) is 0.952. The molecule has 1 aliphatic rings. The van der Waals surface area contributed by atoms with Crippen molar-refractivity contribution in [2.75, 3.05) is 13.6 Å². The van der Waals surface area contributed by atoms with Crippen molar-refractivity contribution in [2.45, 2.75) is 110 Å². The first-order valence-corrected chi connectivity index (χ1v) is 13.4. The summed E-state index contributed by atoms with van der Waals surface area (Å²) in [5, 5.41) is 0.216. The van der Waals surface area contributed by atoms with E-state index in [1.807, 2.05) is 20.8 Å². The molecular formula is C21H44N2O3Si. The Morgan fingerprint density at radius 2 is 1.70 bits per heavy atom. The molecule has 27 heavy (non-hydrogen) atoms. The minimum atomic E-state index is -1.79. The SMILES string of the molecule is CN(CC(N)C[C@@H]1CCCC[C@@H]1O[Si](C)(C)C(C)(C)C)C(=O)OC(C)(C)C. The molecule has 1 saturated carbocycles. The Bertz CT molecular complexity index is 483. The summed E-state index contributed by atoms with van der Waals surface area (Å²) in [6, 6.07) is -0.0591. The van der Waals surface area contributed by atoms with Crippen molar-refractivity contribution in [3.05, 3.63) is 0 Å². The molecule has 1 amide bonds. The van der Waals surface area contributed by atoms with E-state index in [0.29, 0.717) is 18.6 Å². The van der Waals surface area contributed by atoms with Gasteiger partial charge in [-0.05, 0) is 64.1 Å². The first-order valence-electron chi connectivity index (χ1n) is 10.5. The fourth-order valence-corrected chi connectivity index (χ4v) is 4.80. The number of rotatable bonds is 6. The Morgan fingerprint density at radius 3 is 2.22 bits per heavy atom. The standard InChI is InChI=1S/C21H44N2O3Si/c1-20(2,3)25-19(24)23(7)15-17(22)14-16-12-10-11-13-18(16)26-27(8,9)21(4,5)6/h16-18H,10-15,22H2,1-9H3/t16-,17?,18-/m0/s1. The summed E-state index contributed by atoms with van der Waals surface area (Å²) in [4.78, 5) is 13.8. The molecule has 160 valence electrons. The van der Waals surface area contributed by atoms with Crippen LogP contribution in [0.25, 0.3) is 0 Å². The molecular weight excluding hydrogens is 356 g/mol. The molecule has 0 saturated heterocycles. The maximum absolute atomic E-state index is 12.2. The van der Waals surface area contributed by atoms with E-state index in [2.05, 4.69) is 33.9 Å². The van der Waals surface area contributed by atoms with Gasteiger partial charge in [0.25, 0.3) is 0 Å². The second-order valence-electron chi connectivity index (χ2n) is 10.8. The average Bonchev–Trinajstić information content (AvgIpc) is 2.45. The molecule has 0 spiro atoms. The van der Waals surface area contributed by atoms with Crippen LogP contribution in [0.3, 0.4) is 0 Å². The largest absolute Gasteiger partial charge is 0.444 e. The Labute approximate surface area is 168 Å². The molecule has 0 radical (unpaired) electrons. The van der Waals surface area contributed by atoms with Crippen LogP contribution in [-0.2, 0) is 9.16 Å². The number of nitrogens with two attached hydrogens (primary N) is 1. The molecule has 6 heteroatoms. The average molecular weight is 401 g/mol. The van der Waals surface area contributed by atoms with Gasteiger partial charge in [0.2, 0.25) is 0 Å². The fourth-order valence-electron chi connectivity index (χ4n) is 3.38. The number of amides is 1. The van der Waals surface area contributed by atoms with Gasteiger partial charge in [-0.2, -0.15) is 0 Å². The Hall–Kier alpha value is -0.593. The number of hydrogen-bond acceptors (Lipinski definition) is 4. The van der Waals surface area contributed by atoms with E-state index in [4.69, 9.17) is 14.9 Å². The van der Waals surface area contributed by atoms with E-state index >= 15 is 0 Å². The second-order valence-corrected chi connectivity index (χ2v) is 15.6. The molecule has 1 unspecified atom stereocenters. The van der Waals surface area contributed by atoms with Crippen molar-refractivity contribution in [3.63, 3.8) is 0 Å². The highest BCUT2D eigenvalue weighted by molar-refractivity contribution is 6.74. The topological polar surface area (TPSA) is 64.8 Å². The number of carbonyl (C=O) groups is 1.